The fourth-order valence-corrected chi connectivity index (χ4v) is 2.54. The molecule has 0 unspecified atom stereocenters. The van der Waals surface area contributed by atoms with E-state index in [2.05, 4.69) is 5.32 Å². The first-order valence-electron chi connectivity index (χ1n) is 6.77. The summed E-state index contributed by atoms with van der Waals surface area (Å²) in [7, 11) is 0. The van der Waals surface area contributed by atoms with Gasteiger partial charge in [-0.1, -0.05) is 23.2 Å². The number of hydrogen-bond acceptors (Lipinski definition) is 5. The van der Waals surface area contributed by atoms with Gasteiger partial charge in [-0.3, -0.25) is 4.79 Å². The SMILES string of the molecule is Nc1c(Cl)cc(Cl)cc1C(=O)OCC(=O)NC[C@H]1CCCO1. The van der Waals surface area contributed by atoms with Gasteiger partial charge in [0.25, 0.3) is 5.91 Å². The first-order valence-corrected chi connectivity index (χ1v) is 7.53. The van der Waals surface area contributed by atoms with E-state index in [0.29, 0.717) is 13.2 Å². The number of rotatable bonds is 5. The van der Waals surface area contributed by atoms with Crippen LogP contribution in [0.15, 0.2) is 12.1 Å². The lowest BCUT2D eigenvalue weighted by molar-refractivity contribution is -0.124. The van der Waals surface area contributed by atoms with Crippen LogP contribution in [0.2, 0.25) is 10.0 Å². The Morgan fingerprint density at radius 3 is 2.86 bits per heavy atom. The van der Waals surface area contributed by atoms with Crippen LogP contribution in [-0.2, 0) is 14.3 Å². The van der Waals surface area contributed by atoms with Crippen molar-refractivity contribution in [1.29, 1.82) is 0 Å². The summed E-state index contributed by atoms with van der Waals surface area (Å²) in [6.07, 6.45) is 1.93. The molecule has 2 rings (SSSR count). The Bertz CT molecular complexity index is 574. The van der Waals surface area contributed by atoms with Crippen molar-refractivity contribution in [2.45, 2.75) is 18.9 Å². The first-order chi connectivity index (χ1) is 10.5. The van der Waals surface area contributed by atoms with E-state index in [1.807, 2.05) is 0 Å². The molecule has 1 saturated heterocycles. The van der Waals surface area contributed by atoms with Crippen LogP contribution in [0.3, 0.4) is 0 Å². The van der Waals surface area contributed by atoms with Gasteiger partial charge in [-0.2, -0.15) is 0 Å². The van der Waals surface area contributed by atoms with Crippen molar-refractivity contribution in [2.75, 3.05) is 25.5 Å². The number of ether oxygens (including phenoxy) is 2. The number of benzene rings is 1. The smallest absolute Gasteiger partial charge is 0.340 e. The zero-order chi connectivity index (χ0) is 16.1. The Morgan fingerprint density at radius 2 is 2.18 bits per heavy atom. The molecule has 3 N–H and O–H groups in total. The van der Waals surface area contributed by atoms with Crippen LogP contribution in [-0.4, -0.2) is 37.7 Å². The average molecular weight is 347 g/mol. The van der Waals surface area contributed by atoms with Crippen molar-refractivity contribution in [3.8, 4) is 0 Å². The lowest BCUT2D eigenvalue weighted by atomic mass is 10.2. The molecule has 1 amide bonds. The number of anilines is 1. The van der Waals surface area contributed by atoms with Gasteiger partial charge in [-0.25, -0.2) is 4.79 Å². The Morgan fingerprint density at radius 1 is 1.41 bits per heavy atom. The summed E-state index contributed by atoms with van der Waals surface area (Å²) in [5, 5.41) is 3.06. The van der Waals surface area contributed by atoms with E-state index in [1.54, 1.807) is 0 Å². The van der Waals surface area contributed by atoms with E-state index in [4.69, 9.17) is 38.4 Å². The molecule has 0 aliphatic carbocycles. The Balaban J connectivity index is 1.83. The van der Waals surface area contributed by atoms with Crippen LogP contribution < -0.4 is 11.1 Å². The number of nitrogens with one attached hydrogen (secondary N) is 1. The summed E-state index contributed by atoms with van der Waals surface area (Å²) in [6.45, 7) is 0.709. The van der Waals surface area contributed by atoms with Gasteiger partial charge in [0.2, 0.25) is 0 Å². The fraction of sp³-hybridized carbons (Fsp3) is 0.429. The maximum absolute atomic E-state index is 11.9. The molecule has 0 bridgehead atoms. The number of nitrogens with two attached hydrogens (primary N) is 1. The second-order valence-electron chi connectivity index (χ2n) is 4.86. The topological polar surface area (TPSA) is 90.7 Å². The van der Waals surface area contributed by atoms with Gasteiger partial charge in [0.15, 0.2) is 6.61 Å². The quantitative estimate of drug-likeness (QED) is 0.628. The number of hydrogen-bond donors (Lipinski definition) is 2. The summed E-state index contributed by atoms with van der Waals surface area (Å²) in [5.74, 6) is -1.16. The molecule has 8 heteroatoms. The molecule has 0 saturated carbocycles. The van der Waals surface area contributed by atoms with Crippen LogP contribution in [0.5, 0.6) is 0 Å². The van der Waals surface area contributed by atoms with Crippen molar-refractivity contribution in [3.05, 3.63) is 27.7 Å². The predicted molar refractivity (Wildman–Crippen MR) is 83.1 cm³/mol. The van der Waals surface area contributed by atoms with Gasteiger partial charge >= 0.3 is 5.97 Å². The summed E-state index contributed by atoms with van der Waals surface area (Å²) in [6, 6.07) is 2.76. The number of carbonyl (C=O) groups excluding carboxylic acids is 2. The van der Waals surface area contributed by atoms with Crippen molar-refractivity contribution < 1.29 is 19.1 Å². The maximum atomic E-state index is 11.9. The molecule has 1 aliphatic rings. The van der Waals surface area contributed by atoms with Gasteiger partial charge < -0.3 is 20.5 Å². The predicted octanol–water partition coefficient (Wildman–Crippen LogP) is 2.03. The van der Waals surface area contributed by atoms with Gasteiger partial charge in [0.1, 0.15) is 0 Å². The molecule has 1 fully saturated rings. The largest absolute Gasteiger partial charge is 0.452 e. The maximum Gasteiger partial charge on any atom is 0.340 e. The zero-order valence-corrected chi connectivity index (χ0v) is 13.2. The van der Waals surface area contributed by atoms with Crippen LogP contribution in [0, 0.1) is 0 Å². The highest BCUT2D eigenvalue weighted by Gasteiger charge is 2.18. The number of carbonyl (C=O) groups is 2. The molecule has 1 aromatic carbocycles. The minimum atomic E-state index is -0.755. The third-order valence-corrected chi connectivity index (χ3v) is 3.73. The molecule has 0 radical (unpaired) electrons. The molecule has 22 heavy (non-hydrogen) atoms. The van der Waals surface area contributed by atoms with Crippen LogP contribution >= 0.6 is 23.2 Å². The molecule has 1 aromatic rings. The van der Waals surface area contributed by atoms with E-state index >= 15 is 0 Å². The van der Waals surface area contributed by atoms with Crippen molar-refractivity contribution in [1.82, 2.24) is 5.32 Å². The van der Waals surface area contributed by atoms with E-state index in [9.17, 15) is 9.59 Å². The molecule has 0 aromatic heterocycles. The average Bonchev–Trinajstić information content (AvgIpc) is 2.99. The third kappa shape index (κ3) is 4.50. The van der Waals surface area contributed by atoms with E-state index in [0.717, 1.165) is 12.8 Å². The molecule has 6 nitrogen and oxygen atoms in total. The van der Waals surface area contributed by atoms with Gasteiger partial charge in [0.05, 0.1) is 22.4 Å². The van der Waals surface area contributed by atoms with Crippen molar-refractivity contribution >= 4 is 40.8 Å². The minimum Gasteiger partial charge on any atom is -0.452 e. The van der Waals surface area contributed by atoms with Gasteiger partial charge in [0, 0.05) is 18.2 Å². The molecule has 1 atom stereocenters. The second-order valence-corrected chi connectivity index (χ2v) is 5.71. The highest BCUT2D eigenvalue weighted by molar-refractivity contribution is 6.37. The van der Waals surface area contributed by atoms with Gasteiger partial charge in [-0.15, -0.1) is 0 Å². The second kappa shape index (κ2) is 7.67. The van der Waals surface area contributed by atoms with Crippen LogP contribution in [0.1, 0.15) is 23.2 Å². The first kappa shape index (κ1) is 16.9. The summed E-state index contributed by atoms with van der Waals surface area (Å²) in [4.78, 5) is 23.5. The molecule has 0 spiro atoms. The summed E-state index contributed by atoms with van der Waals surface area (Å²) in [5.41, 5.74) is 5.79. The normalized spacial score (nSPS) is 17.3. The van der Waals surface area contributed by atoms with E-state index in [1.165, 1.54) is 12.1 Å². The molecule has 1 aliphatic heterocycles. The number of nitrogen functional groups attached to an aromatic ring is 1. The number of esters is 1. The Hall–Kier alpha value is -1.50. The molecular formula is C14H16Cl2N2O4. The zero-order valence-electron chi connectivity index (χ0n) is 11.7. The highest BCUT2D eigenvalue weighted by atomic mass is 35.5. The minimum absolute atomic E-state index is 0.0297. The van der Waals surface area contributed by atoms with Crippen molar-refractivity contribution in [2.24, 2.45) is 0 Å². The van der Waals surface area contributed by atoms with Gasteiger partial charge in [-0.05, 0) is 25.0 Å². The van der Waals surface area contributed by atoms with Crippen LogP contribution in [0.25, 0.3) is 0 Å². The Kier molecular flexibility index (Phi) is 5.88. The fourth-order valence-electron chi connectivity index (χ4n) is 2.05. The lowest BCUT2D eigenvalue weighted by Gasteiger charge is -2.11. The van der Waals surface area contributed by atoms with E-state index in [-0.39, 0.29) is 27.4 Å². The standard InChI is InChI=1S/C14H16Cl2N2O4/c15-8-4-10(13(17)11(16)5-8)14(20)22-7-12(19)18-6-9-2-1-3-21-9/h4-5,9H,1-3,6-7,17H2,(H,18,19)/t9-/m1/s1. The number of halogens is 2. The highest BCUT2D eigenvalue weighted by Crippen LogP contribution is 2.27. The molecule has 120 valence electrons. The Labute approximate surface area is 137 Å². The summed E-state index contributed by atoms with van der Waals surface area (Å²) >= 11 is 11.6. The van der Waals surface area contributed by atoms with E-state index < -0.39 is 18.5 Å². The lowest BCUT2D eigenvalue weighted by Crippen LogP contribution is -2.34. The molecular weight excluding hydrogens is 331 g/mol. The van der Waals surface area contributed by atoms with Crippen LogP contribution in [0.4, 0.5) is 5.69 Å². The monoisotopic (exact) mass is 346 g/mol. The summed E-state index contributed by atoms with van der Waals surface area (Å²) < 4.78 is 10.3. The number of amides is 1. The molecule has 1 heterocycles. The third-order valence-electron chi connectivity index (χ3n) is 3.20. The van der Waals surface area contributed by atoms with Crippen molar-refractivity contribution in [3.63, 3.8) is 0 Å².